The summed E-state index contributed by atoms with van der Waals surface area (Å²) in [6.07, 6.45) is 2.76. The third-order valence-electron chi connectivity index (χ3n) is 3.05. The normalized spacial score (nSPS) is 11.5. The number of nitrogen functional groups attached to an aromatic ring is 2. The molecule has 4 aromatic rings. The first kappa shape index (κ1) is 12.1. The molecule has 12 nitrogen and oxygen atoms in total. The third-order valence-corrected chi connectivity index (χ3v) is 3.05. The minimum absolute atomic E-state index is 0.0110. The summed E-state index contributed by atoms with van der Waals surface area (Å²) in [6.45, 7) is 0. The first-order valence-electron chi connectivity index (χ1n) is 6.01. The molecule has 0 fully saturated rings. The average Bonchev–Trinajstić information content (AvgIpc) is 2.99. The van der Waals surface area contributed by atoms with Gasteiger partial charge in [-0.1, -0.05) is 0 Å². The molecule has 0 aliphatic carbocycles. The summed E-state index contributed by atoms with van der Waals surface area (Å²) in [5, 5.41) is 0. The fraction of sp³-hybridized carbons (Fsp3) is 0. The fourth-order valence-corrected chi connectivity index (χ4v) is 2.16. The van der Waals surface area contributed by atoms with E-state index in [1.54, 1.807) is 0 Å². The number of hydrogen-bond donors (Lipinski definition) is 4. The molecule has 0 unspecified atom stereocenters. The van der Waals surface area contributed by atoms with Crippen molar-refractivity contribution in [1.29, 1.82) is 0 Å². The minimum atomic E-state index is -0.602. The van der Waals surface area contributed by atoms with Crippen LogP contribution in [0.1, 0.15) is 0 Å². The second-order valence-corrected chi connectivity index (χ2v) is 4.42. The van der Waals surface area contributed by atoms with Gasteiger partial charge in [-0.15, -0.1) is 0 Å². The van der Waals surface area contributed by atoms with Crippen molar-refractivity contribution in [3.63, 3.8) is 0 Å². The molecule has 12 heteroatoms. The maximum Gasteiger partial charge on any atom is 0.347 e. The second kappa shape index (κ2) is 3.91. The molecule has 0 saturated carbocycles. The van der Waals surface area contributed by atoms with Crippen molar-refractivity contribution in [3.8, 4) is 0 Å². The van der Waals surface area contributed by atoms with Crippen LogP contribution >= 0.6 is 0 Å². The highest BCUT2D eigenvalue weighted by Crippen LogP contribution is 2.12. The number of nitrogens with one attached hydrogen (secondary N) is 2. The van der Waals surface area contributed by atoms with E-state index in [4.69, 9.17) is 11.5 Å². The van der Waals surface area contributed by atoms with Gasteiger partial charge >= 0.3 is 5.69 Å². The van der Waals surface area contributed by atoms with Crippen LogP contribution in [0.3, 0.4) is 0 Å². The highest BCUT2D eigenvalue weighted by Gasteiger charge is 2.16. The number of nitrogens with two attached hydrogens (primary N) is 2. The minimum Gasteiger partial charge on any atom is -0.369 e. The van der Waals surface area contributed by atoms with Crippen LogP contribution in [0.15, 0.2) is 22.1 Å². The molecule has 0 aromatic carbocycles. The number of H-pyrrole nitrogens is 2. The molecule has 0 radical (unpaired) electrons. The van der Waals surface area contributed by atoms with Gasteiger partial charge < -0.3 is 11.5 Å². The monoisotopic (exact) mass is 300 g/mol. The lowest BCUT2D eigenvalue weighted by atomic mass is 10.5. The van der Waals surface area contributed by atoms with Crippen molar-refractivity contribution in [2.24, 2.45) is 0 Å². The van der Waals surface area contributed by atoms with E-state index in [2.05, 4.69) is 29.9 Å². The van der Waals surface area contributed by atoms with Crippen LogP contribution in [-0.2, 0) is 0 Å². The zero-order valence-electron chi connectivity index (χ0n) is 10.8. The lowest BCUT2D eigenvalue weighted by molar-refractivity contribution is 0.662. The molecule has 0 saturated heterocycles. The van der Waals surface area contributed by atoms with E-state index >= 15 is 0 Å². The first-order chi connectivity index (χ1) is 10.5. The summed E-state index contributed by atoms with van der Waals surface area (Å²) in [4.78, 5) is 44.6. The van der Waals surface area contributed by atoms with Crippen molar-refractivity contribution in [1.82, 2.24) is 39.3 Å². The Kier molecular flexibility index (Phi) is 2.14. The van der Waals surface area contributed by atoms with Gasteiger partial charge in [-0.2, -0.15) is 14.6 Å². The Balaban J connectivity index is 2.17. The average molecular weight is 300 g/mol. The zero-order valence-corrected chi connectivity index (χ0v) is 10.8. The molecule has 0 amide bonds. The number of rotatable bonds is 1. The van der Waals surface area contributed by atoms with E-state index in [9.17, 15) is 9.59 Å². The van der Waals surface area contributed by atoms with Gasteiger partial charge in [0.2, 0.25) is 11.9 Å². The predicted octanol–water partition coefficient (Wildman–Crippen LogP) is -1.97. The van der Waals surface area contributed by atoms with Crippen LogP contribution in [-0.4, -0.2) is 39.3 Å². The van der Waals surface area contributed by atoms with E-state index in [1.807, 2.05) is 0 Å². The summed E-state index contributed by atoms with van der Waals surface area (Å²) in [5.74, 6) is -0.101. The third kappa shape index (κ3) is 1.51. The maximum atomic E-state index is 12.2. The van der Waals surface area contributed by atoms with E-state index in [1.165, 1.54) is 17.2 Å². The van der Waals surface area contributed by atoms with E-state index < -0.39 is 11.2 Å². The molecule has 0 atom stereocenters. The Morgan fingerprint density at radius 2 is 1.86 bits per heavy atom. The van der Waals surface area contributed by atoms with Gasteiger partial charge in [0.15, 0.2) is 16.8 Å². The fourth-order valence-electron chi connectivity index (χ4n) is 2.16. The summed E-state index contributed by atoms with van der Waals surface area (Å²) in [6, 6.07) is 0. The summed E-state index contributed by atoms with van der Waals surface area (Å²) < 4.78 is 2.39. The zero-order chi connectivity index (χ0) is 15.4. The second-order valence-electron chi connectivity index (χ2n) is 4.42. The van der Waals surface area contributed by atoms with E-state index in [-0.39, 0.29) is 28.7 Å². The Bertz CT molecular complexity index is 1150. The topological polar surface area (TPSA) is 179 Å². The largest absolute Gasteiger partial charge is 0.369 e. The van der Waals surface area contributed by atoms with Crippen molar-refractivity contribution >= 4 is 34.2 Å². The smallest absolute Gasteiger partial charge is 0.347 e. The Hall–Kier alpha value is -3.70. The van der Waals surface area contributed by atoms with Crippen LogP contribution in [0.2, 0.25) is 0 Å². The quantitative estimate of drug-likeness (QED) is 0.312. The Morgan fingerprint density at radius 3 is 2.68 bits per heavy atom. The highest BCUT2D eigenvalue weighted by molar-refractivity contribution is 5.74. The summed E-state index contributed by atoms with van der Waals surface area (Å²) >= 11 is 0. The number of hydrogen-bond acceptors (Lipinski definition) is 8. The van der Waals surface area contributed by atoms with Crippen LogP contribution in [0, 0.1) is 0 Å². The SMILES string of the molecule is Nc1ncc2ncn(-n3c(=O)[nH]c4c(=O)[nH]c(N)nc43)c2n1. The standard InChI is InChI=1S/C10H8N10O2/c11-8-13-1-3-5(16-8)19(2-14-3)20-6-4(15-10(20)22)7(21)18-9(12)17-6/h1-2H,(H,15,22)(H2,11,13,16)(H3,12,17,18,21). The van der Waals surface area contributed by atoms with Gasteiger partial charge in [-0.05, 0) is 0 Å². The summed E-state index contributed by atoms with van der Waals surface area (Å²) in [5.41, 5.74) is 10.7. The van der Waals surface area contributed by atoms with Gasteiger partial charge in [0.25, 0.3) is 5.56 Å². The number of fused-ring (bicyclic) bond motifs is 2. The van der Waals surface area contributed by atoms with Crippen LogP contribution in [0.25, 0.3) is 22.3 Å². The van der Waals surface area contributed by atoms with Crippen molar-refractivity contribution in [2.75, 3.05) is 11.5 Å². The van der Waals surface area contributed by atoms with Crippen molar-refractivity contribution < 1.29 is 0 Å². The van der Waals surface area contributed by atoms with E-state index in [0.717, 1.165) is 4.68 Å². The van der Waals surface area contributed by atoms with Crippen molar-refractivity contribution in [2.45, 2.75) is 0 Å². The van der Waals surface area contributed by atoms with Crippen molar-refractivity contribution in [3.05, 3.63) is 33.4 Å². The number of anilines is 2. The molecule has 0 bridgehead atoms. The number of imidazole rings is 2. The first-order valence-corrected chi connectivity index (χ1v) is 6.01. The van der Waals surface area contributed by atoms with Gasteiger partial charge in [0.1, 0.15) is 11.8 Å². The lowest BCUT2D eigenvalue weighted by Gasteiger charge is -2.04. The molecule has 0 spiro atoms. The highest BCUT2D eigenvalue weighted by atomic mass is 16.2. The summed E-state index contributed by atoms with van der Waals surface area (Å²) in [7, 11) is 0. The van der Waals surface area contributed by atoms with Crippen LogP contribution < -0.4 is 22.7 Å². The molecule has 0 aliphatic heterocycles. The lowest BCUT2D eigenvalue weighted by Crippen LogP contribution is -2.23. The molecular formula is C10H8N10O2. The number of nitrogens with zero attached hydrogens (tertiary/aromatic N) is 6. The maximum absolute atomic E-state index is 12.2. The molecule has 6 N–H and O–H groups in total. The molecule has 22 heavy (non-hydrogen) atoms. The van der Waals surface area contributed by atoms with Gasteiger partial charge in [-0.3, -0.25) is 14.8 Å². The van der Waals surface area contributed by atoms with E-state index in [0.29, 0.717) is 5.52 Å². The molecule has 4 rings (SSSR count). The number of aromatic nitrogens is 8. The predicted molar refractivity (Wildman–Crippen MR) is 75.9 cm³/mol. The van der Waals surface area contributed by atoms with Gasteiger partial charge in [-0.25, -0.2) is 19.4 Å². The number of aromatic amines is 2. The van der Waals surface area contributed by atoms with Gasteiger partial charge in [0.05, 0.1) is 6.20 Å². The van der Waals surface area contributed by atoms with Crippen LogP contribution in [0.5, 0.6) is 0 Å². The molecule has 0 aliphatic rings. The molecule has 110 valence electrons. The molecule has 4 heterocycles. The Morgan fingerprint density at radius 1 is 1.05 bits per heavy atom. The van der Waals surface area contributed by atoms with Gasteiger partial charge in [0, 0.05) is 0 Å². The van der Waals surface area contributed by atoms with Crippen LogP contribution in [0.4, 0.5) is 11.9 Å². The molecular weight excluding hydrogens is 292 g/mol. The Labute approximate surface area is 119 Å². The molecule has 4 aromatic heterocycles.